The largest absolute Gasteiger partial charge is 0.325 e. The van der Waals surface area contributed by atoms with Crippen LogP contribution in [0.3, 0.4) is 0 Å². The first-order chi connectivity index (χ1) is 14.4. The van der Waals surface area contributed by atoms with Crippen LogP contribution in [0.1, 0.15) is 31.4 Å². The molecule has 0 aliphatic heterocycles. The second-order valence-corrected chi connectivity index (χ2v) is 9.09. The summed E-state index contributed by atoms with van der Waals surface area (Å²) >= 11 is 7.09. The number of nitrogens with one attached hydrogen (secondary N) is 2. The third-order valence-electron chi connectivity index (χ3n) is 5.60. The van der Waals surface area contributed by atoms with Gasteiger partial charge in [-0.25, -0.2) is 4.98 Å². The van der Waals surface area contributed by atoms with Gasteiger partial charge in [-0.2, -0.15) is 0 Å². The lowest BCUT2D eigenvalue weighted by molar-refractivity contribution is -0.113. The highest BCUT2D eigenvalue weighted by Gasteiger charge is 2.37. The lowest BCUT2D eigenvalue weighted by Crippen LogP contribution is -2.36. The molecule has 0 bridgehead atoms. The molecule has 5 nitrogen and oxygen atoms in total. The average molecular weight is 440 g/mol. The van der Waals surface area contributed by atoms with E-state index in [0.717, 1.165) is 29.7 Å². The number of nitrogens with zero attached hydrogens (tertiary/aromatic N) is 1. The number of halogens is 1. The number of rotatable bonds is 5. The van der Waals surface area contributed by atoms with E-state index in [9.17, 15) is 9.59 Å². The van der Waals surface area contributed by atoms with Crippen LogP contribution in [0.2, 0.25) is 5.02 Å². The van der Waals surface area contributed by atoms with Gasteiger partial charge in [0.05, 0.1) is 11.4 Å². The van der Waals surface area contributed by atoms with Gasteiger partial charge in [-0.3, -0.25) is 9.59 Å². The number of hydrogen-bond donors (Lipinski definition) is 2. The number of hydrogen-bond acceptors (Lipinski definition) is 4. The van der Waals surface area contributed by atoms with E-state index < -0.39 is 0 Å². The number of anilines is 1. The Morgan fingerprint density at radius 2 is 1.97 bits per heavy atom. The van der Waals surface area contributed by atoms with Crippen molar-refractivity contribution in [2.24, 2.45) is 0 Å². The molecule has 154 valence electrons. The zero-order chi connectivity index (χ0) is 21.3. The molecule has 1 aromatic heterocycles. The van der Waals surface area contributed by atoms with Crippen molar-refractivity contribution in [1.29, 1.82) is 0 Å². The molecular weight excluding hydrogens is 418 g/mol. The van der Waals surface area contributed by atoms with Gasteiger partial charge in [0.25, 0.3) is 5.56 Å². The highest BCUT2D eigenvalue weighted by atomic mass is 35.5. The minimum atomic E-state index is -0.264. The first-order valence-corrected chi connectivity index (χ1v) is 11.2. The van der Waals surface area contributed by atoms with Crippen molar-refractivity contribution in [3.05, 3.63) is 75.0 Å². The Hall–Kier alpha value is -2.57. The van der Waals surface area contributed by atoms with Crippen LogP contribution < -0.4 is 10.9 Å². The Morgan fingerprint density at radius 3 is 2.70 bits per heavy atom. The molecule has 0 saturated carbocycles. The quantitative estimate of drug-likeness (QED) is 0.431. The lowest BCUT2D eigenvalue weighted by atomic mass is 9.69. The minimum Gasteiger partial charge on any atom is -0.325 e. The highest BCUT2D eigenvalue weighted by molar-refractivity contribution is 7.99. The van der Waals surface area contributed by atoms with Crippen molar-refractivity contribution in [1.82, 2.24) is 9.97 Å². The molecule has 0 unspecified atom stereocenters. The molecule has 1 atom stereocenters. The number of carbonyl (C=O) groups excluding carboxylic acids is 1. The van der Waals surface area contributed by atoms with Gasteiger partial charge in [-0.15, -0.1) is 0 Å². The fourth-order valence-corrected chi connectivity index (χ4v) is 4.64. The fraction of sp³-hybridized carbons (Fsp3) is 0.261. The SMILES string of the molecule is CC[C@]1(C)Cc2ccccc2-c2nc(SCC(=O)Nc3ccc(Cl)cc3)[nH]c(=O)c21. The monoisotopic (exact) mass is 439 g/mol. The molecule has 0 spiro atoms. The maximum absolute atomic E-state index is 13.0. The Balaban J connectivity index is 1.59. The van der Waals surface area contributed by atoms with E-state index in [-0.39, 0.29) is 22.6 Å². The van der Waals surface area contributed by atoms with Crippen LogP contribution in [0.15, 0.2) is 58.5 Å². The number of amides is 1. The van der Waals surface area contributed by atoms with Crippen molar-refractivity contribution in [3.8, 4) is 11.3 Å². The molecule has 1 aliphatic rings. The van der Waals surface area contributed by atoms with Crippen molar-refractivity contribution in [3.63, 3.8) is 0 Å². The second-order valence-electron chi connectivity index (χ2n) is 7.69. The van der Waals surface area contributed by atoms with E-state index in [4.69, 9.17) is 16.6 Å². The summed E-state index contributed by atoms with van der Waals surface area (Å²) in [7, 11) is 0. The van der Waals surface area contributed by atoms with Crippen LogP contribution in [0.4, 0.5) is 5.69 Å². The van der Waals surface area contributed by atoms with Gasteiger partial charge in [0.1, 0.15) is 0 Å². The maximum Gasteiger partial charge on any atom is 0.255 e. The maximum atomic E-state index is 13.0. The molecular formula is C23H22ClN3O2S. The van der Waals surface area contributed by atoms with E-state index in [1.807, 2.05) is 18.2 Å². The first kappa shape index (κ1) is 20.7. The van der Waals surface area contributed by atoms with Gasteiger partial charge in [0.2, 0.25) is 5.91 Å². The smallest absolute Gasteiger partial charge is 0.255 e. The Bertz CT molecular complexity index is 1160. The van der Waals surface area contributed by atoms with Gasteiger partial charge in [-0.1, -0.05) is 61.5 Å². The van der Waals surface area contributed by atoms with E-state index >= 15 is 0 Å². The normalized spacial score (nSPS) is 17.2. The van der Waals surface area contributed by atoms with Gasteiger partial charge < -0.3 is 10.3 Å². The molecule has 30 heavy (non-hydrogen) atoms. The number of thioether (sulfide) groups is 1. The standard InChI is InChI=1S/C23H22ClN3O2S/c1-3-23(2)12-14-6-4-5-7-17(14)20-19(23)21(29)27-22(26-20)30-13-18(28)25-16-10-8-15(24)9-11-16/h4-11H,3,12-13H2,1-2H3,(H,25,28)(H,26,27,29)/t23-/m1/s1. The van der Waals surface area contributed by atoms with Gasteiger partial charge in [0.15, 0.2) is 5.16 Å². The molecule has 7 heteroatoms. The topological polar surface area (TPSA) is 74.8 Å². The number of benzene rings is 2. The number of carbonyl (C=O) groups is 1. The molecule has 0 radical (unpaired) electrons. The molecule has 2 aromatic carbocycles. The van der Waals surface area contributed by atoms with E-state index in [1.165, 1.54) is 17.3 Å². The van der Waals surface area contributed by atoms with E-state index in [0.29, 0.717) is 15.9 Å². The van der Waals surface area contributed by atoms with Crippen LogP contribution >= 0.6 is 23.4 Å². The molecule has 3 aromatic rings. The Labute approximate surface area is 184 Å². The van der Waals surface area contributed by atoms with Crippen molar-refractivity contribution >= 4 is 35.0 Å². The van der Waals surface area contributed by atoms with Gasteiger partial charge >= 0.3 is 0 Å². The Morgan fingerprint density at radius 1 is 1.23 bits per heavy atom. The summed E-state index contributed by atoms with van der Waals surface area (Å²) in [5, 5.41) is 3.87. The number of H-pyrrole nitrogens is 1. The van der Waals surface area contributed by atoms with Crippen LogP contribution in [-0.2, 0) is 16.6 Å². The summed E-state index contributed by atoms with van der Waals surface area (Å²) in [5.74, 6) is -0.0432. The molecule has 1 aliphatic carbocycles. The van der Waals surface area contributed by atoms with E-state index in [1.54, 1.807) is 24.3 Å². The van der Waals surface area contributed by atoms with Crippen LogP contribution in [0.5, 0.6) is 0 Å². The van der Waals surface area contributed by atoms with Crippen LogP contribution in [0, 0.1) is 0 Å². The number of aromatic amines is 1. The molecule has 0 saturated heterocycles. The van der Waals surface area contributed by atoms with Crippen molar-refractivity contribution in [2.75, 3.05) is 11.1 Å². The molecule has 0 fully saturated rings. The highest BCUT2D eigenvalue weighted by Crippen LogP contribution is 2.42. The van der Waals surface area contributed by atoms with Gasteiger partial charge in [0, 0.05) is 27.3 Å². The van der Waals surface area contributed by atoms with Crippen molar-refractivity contribution < 1.29 is 4.79 Å². The first-order valence-electron chi connectivity index (χ1n) is 9.81. The molecule has 1 heterocycles. The molecule has 2 N–H and O–H groups in total. The van der Waals surface area contributed by atoms with Crippen LogP contribution in [0.25, 0.3) is 11.3 Å². The lowest BCUT2D eigenvalue weighted by Gasteiger charge is -2.34. The zero-order valence-electron chi connectivity index (χ0n) is 16.8. The fourth-order valence-electron chi connectivity index (χ4n) is 3.86. The summed E-state index contributed by atoms with van der Waals surface area (Å²) in [6, 6.07) is 15.0. The van der Waals surface area contributed by atoms with Gasteiger partial charge in [-0.05, 0) is 42.7 Å². The minimum absolute atomic E-state index is 0.125. The van der Waals surface area contributed by atoms with E-state index in [2.05, 4.69) is 30.2 Å². The van der Waals surface area contributed by atoms with Crippen LogP contribution in [-0.4, -0.2) is 21.6 Å². The predicted octanol–water partition coefficient (Wildman–Crippen LogP) is 5.04. The number of aromatic nitrogens is 2. The summed E-state index contributed by atoms with van der Waals surface area (Å²) < 4.78 is 0. The summed E-state index contributed by atoms with van der Waals surface area (Å²) in [4.78, 5) is 33.0. The summed E-state index contributed by atoms with van der Waals surface area (Å²) in [6.07, 6.45) is 1.66. The second kappa shape index (κ2) is 8.28. The molecule has 4 rings (SSSR count). The molecule has 1 amide bonds. The third kappa shape index (κ3) is 4.02. The number of fused-ring (bicyclic) bond motifs is 3. The average Bonchev–Trinajstić information content (AvgIpc) is 2.73. The van der Waals surface area contributed by atoms with Crippen molar-refractivity contribution in [2.45, 2.75) is 37.3 Å². The zero-order valence-corrected chi connectivity index (χ0v) is 18.4. The summed E-state index contributed by atoms with van der Waals surface area (Å²) in [6.45, 7) is 4.21. The predicted molar refractivity (Wildman–Crippen MR) is 122 cm³/mol. The summed E-state index contributed by atoms with van der Waals surface area (Å²) in [5.41, 5.74) is 3.94. The Kier molecular flexibility index (Phi) is 5.71. The third-order valence-corrected chi connectivity index (χ3v) is 6.73.